The Bertz CT molecular complexity index is 379. The van der Waals surface area contributed by atoms with Gasteiger partial charge in [0.05, 0.1) is 6.61 Å². The Morgan fingerprint density at radius 2 is 2.50 bits per heavy atom. The van der Waals surface area contributed by atoms with E-state index < -0.39 is 5.97 Å². The van der Waals surface area contributed by atoms with Crippen molar-refractivity contribution >= 4 is 17.3 Å². The molecule has 1 aliphatic heterocycles. The summed E-state index contributed by atoms with van der Waals surface area (Å²) < 4.78 is 11.0. The van der Waals surface area contributed by atoms with Crippen molar-refractivity contribution in [2.24, 2.45) is 0 Å². The molecule has 2 rings (SSSR count). The first kappa shape index (κ1) is 11.4. The van der Waals surface area contributed by atoms with Crippen molar-refractivity contribution < 1.29 is 19.4 Å². The van der Waals surface area contributed by atoms with Crippen molar-refractivity contribution in [2.75, 3.05) is 13.2 Å². The summed E-state index contributed by atoms with van der Waals surface area (Å²) in [5.41, 5.74) is 0. The van der Waals surface area contributed by atoms with Crippen molar-refractivity contribution in [1.82, 2.24) is 0 Å². The van der Waals surface area contributed by atoms with Crippen molar-refractivity contribution in [3.8, 4) is 5.75 Å². The zero-order valence-corrected chi connectivity index (χ0v) is 9.88. The molecule has 2 heterocycles. The molecule has 0 saturated carbocycles. The molecule has 0 aliphatic carbocycles. The summed E-state index contributed by atoms with van der Waals surface area (Å²) in [4.78, 5) is 12.2. The van der Waals surface area contributed by atoms with Crippen LogP contribution in [0.15, 0.2) is 6.07 Å². The number of thiophene rings is 1. The van der Waals surface area contributed by atoms with Crippen molar-refractivity contribution in [1.29, 1.82) is 0 Å². The van der Waals surface area contributed by atoms with Crippen molar-refractivity contribution in [3.05, 3.63) is 15.8 Å². The first-order valence-corrected chi connectivity index (χ1v) is 6.06. The molecule has 1 aliphatic rings. The van der Waals surface area contributed by atoms with E-state index in [1.54, 1.807) is 6.07 Å². The molecule has 0 amide bonds. The number of hydrogen-bond acceptors (Lipinski definition) is 4. The minimum absolute atomic E-state index is 0.0131. The molecule has 0 aromatic carbocycles. The maximum atomic E-state index is 11.0. The summed E-state index contributed by atoms with van der Waals surface area (Å²) in [5, 5.41) is 9.01. The van der Waals surface area contributed by atoms with Crippen LogP contribution in [0, 0.1) is 6.92 Å². The van der Waals surface area contributed by atoms with Gasteiger partial charge in [0.25, 0.3) is 0 Å². The summed E-state index contributed by atoms with van der Waals surface area (Å²) in [7, 11) is 0. The number of aromatic carboxylic acids is 1. The summed E-state index contributed by atoms with van der Waals surface area (Å²) in [6.07, 6.45) is 1.88. The minimum Gasteiger partial charge on any atom is -0.486 e. The second-order valence-electron chi connectivity index (χ2n) is 3.81. The van der Waals surface area contributed by atoms with Gasteiger partial charge in [-0.05, 0) is 25.8 Å². The average molecular weight is 242 g/mol. The first-order chi connectivity index (χ1) is 7.66. The molecule has 1 unspecified atom stereocenters. The van der Waals surface area contributed by atoms with Crippen LogP contribution in [0.4, 0.5) is 0 Å². The highest BCUT2D eigenvalue weighted by Gasteiger charge is 2.21. The standard InChI is InChI=1S/C11H14O4S/c1-7-5-9(10(16-7)11(12)13)15-8-3-2-4-14-6-8/h5,8H,2-4,6H2,1H3,(H,12,13). The molecule has 1 fully saturated rings. The predicted molar refractivity (Wildman–Crippen MR) is 60.5 cm³/mol. The molecule has 0 spiro atoms. The van der Waals surface area contributed by atoms with Crippen LogP contribution in [0.2, 0.25) is 0 Å². The maximum Gasteiger partial charge on any atom is 0.349 e. The number of aryl methyl sites for hydroxylation is 1. The van der Waals surface area contributed by atoms with E-state index in [4.69, 9.17) is 14.6 Å². The van der Waals surface area contributed by atoms with E-state index in [9.17, 15) is 4.79 Å². The summed E-state index contributed by atoms with van der Waals surface area (Å²) in [5.74, 6) is -0.449. The highest BCUT2D eigenvalue weighted by Crippen LogP contribution is 2.30. The van der Waals surface area contributed by atoms with Gasteiger partial charge in [-0.2, -0.15) is 0 Å². The maximum absolute atomic E-state index is 11.0. The average Bonchev–Trinajstić information content (AvgIpc) is 2.61. The molecule has 16 heavy (non-hydrogen) atoms. The van der Waals surface area contributed by atoms with Crippen LogP contribution >= 0.6 is 11.3 Å². The molecule has 1 aromatic heterocycles. The Morgan fingerprint density at radius 1 is 1.69 bits per heavy atom. The third-order valence-corrected chi connectivity index (χ3v) is 3.45. The van der Waals surface area contributed by atoms with Crippen LogP contribution in [0.5, 0.6) is 5.75 Å². The van der Waals surface area contributed by atoms with E-state index in [0.717, 1.165) is 24.3 Å². The van der Waals surface area contributed by atoms with Gasteiger partial charge in [0, 0.05) is 11.5 Å². The molecular formula is C11H14O4S. The number of carboxylic acid groups (broad SMARTS) is 1. The SMILES string of the molecule is Cc1cc(OC2CCCOC2)c(C(=O)O)s1. The van der Waals surface area contributed by atoms with Gasteiger partial charge < -0.3 is 14.6 Å². The summed E-state index contributed by atoms with van der Waals surface area (Å²) in [6.45, 7) is 3.20. The molecule has 1 saturated heterocycles. The van der Waals surface area contributed by atoms with Gasteiger partial charge >= 0.3 is 5.97 Å². The monoisotopic (exact) mass is 242 g/mol. The van der Waals surface area contributed by atoms with E-state index in [1.807, 2.05) is 6.92 Å². The van der Waals surface area contributed by atoms with Gasteiger partial charge in [-0.3, -0.25) is 0 Å². The lowest BCUT2D eigenvalue weighted by Gasteiger charge is -2.22. The summed E-state index contributed by atoms with van der Waals surface area (Å²) >= 11 is 1.25. The largest absolute Gasteiger partial charge is 0.486 e. The lowest BCUT2D eigenvalue weighted by Crippen LogP contribution is -2.28. The molecular weight excluding hydrogens is 228 g/mol. The quantitative estimate of drug-likeness (QED) is 0.883. The number of ether oxygens (including phenoxy) is 2. The van der Waals surface area contributed by atoms with Gasteiger partial charge in [0.15, 0.2) is 4.88 Å². The second-order valence-corrected chi connectivity index (χ2v) is 5.07. The zero-order valence-electron chi connectivity index (χ0n) is 9.06. The van der Waals surface area contributed by atoms with Crippen molar-refractivity contribution in [2.45, 2.75) is 25.9 Å². The van der Waals surface area contributed by atoms with E-state index in [2.05, 4.69) is 0 Å². The van der Waals surface area contributed by atoms with E-state index in [1.165, 1.54) is 11.3 Å². The minimum atomic E-state index is -0.926. The molecule has 1 N–H and O–H groups in total. The Kier molecular flexibility index (Phi) is 3.46. The van der Waals surface area contributed by atoms with Crippen LogP contribution in [0.1, 0.15) is 27.4 Å². The third kappa shape index (κ3) is 2.54. The molecule has 5 heteroatoms. The molecule has 88 valence electrons. The zero-order chi connectivity index (χ0) is 11.5. The van der Waals surface area contributed by atoms with E-state index in [0.29, 0.717) is 12.4 Å². The lowest BCUT2D eigenvalue weighted by molar-refractivity contribution is 0.00703. The Morgan fingerprint density at radius 3 is 3.12 bits per heavy atom. The fourth-order valence-corrected chi connectivity index (χ4v) is 2.49. The van der Waals surface area contributed by atoms with Crippen LogP contribution < -0.4 is 4.74 Å². The third-order valence-electron chi connectivity index (χ3n) is 2.43. The Balaban J connectivity index is 2.10. The predicted octanol–water partition coefficient (Wildman–Crippen LogP) is 2.31. The normalized spacial score (nSPS) is 20.7. The smallest absolute Gasteiger partial charge is 0.349 e. The van der Waals surface area contributed by atoms with Gasteiger partial charge in [0.2, 0.25) is 0 Å². The number of hydrogen-bond donors (Lipinski definition) is 1. The lowest BCUT2D eigenvalue weighted by atomic mass is 10.2. The molecule has 1 aromatic rings. The molecule has 4 nitrogen and oxygen atoms in total. The van der Waals surface area contributed by atoms with Gasteiger partial charge in [-0.25, -0.2) is 4.79 Å². The summed E-state index contributed by atoms with van der Waals surface area (Å²) in [6, 6.07) is 1.78. The van der Waals surface area contributed by atoms with Crippen LogP contribution in [-0.2, 0) is 4.74 Å². The topological polar surface area (TPSA) is 55.8 Å². The first-order valence-electron chi connectivity index (χ1n) is 5.25. The fourth-order valence-electron chi connectivity index (χ4n) is 1.71. The Labute approximate surface area is 97.8 Å². The van der Waals surface area contributed by atoms with Gasteiger partial charge in [0.1, 0.15) is 11.9 Å². The number of carboxylic acids is 1. The van der Waals surface area contributed by atoms with Crippen LogP contribution in [0.25, 0.3) is 0 Å². The molecule has 0 radical (unpaired) electrons. The Hall–Kier alpha value is -1.07. The van der Waals surface area contributed by atoms with Gasteiger partial charge in [-0.15, -0.1) is 11.3 Å². The van der Waals surface area contributed by atoms with Crippen LogP contribution in [0.3, 0.4) is 0 Å². The second kappa shape index (κ2) is 4.84. The van der Waals surface area contributed by atoms with Crippen LogP contribution in [-0.4, -0.2) is 30.4 Å². The molecule has 0 bridgehead atoms. The van der Waals surface area contributed by atoms with E-state index >= 15 is 0 Å². The fraction of sp³-hybridized carbons (Fsp3) is 0.545. The number of carbonyl (C=O) groups is 1. The molecule has 1 atom stereocenters. The number of rotatable bonds is 3. The van der Waals surface area contributed by atoms with Gasteiger partial charge in [-0.1, -0.05) is 0 Å². The highest BCUT2D eigenvalue weighted by atomic mass is 32.1. The van der Waals surface area contributed by atoms with Crippen molar-refractivity contribution in [3.63, 3.8) is 0 Å². The van der Waals surface area contributed by atoms with E-state index in [-0.39, 0.29) is 11.0 Å². The highest BCUT2D eigenvalue weighted by molar-refractivity contribution is 7.14.